The van der Waals surface area contributed by atoms with E-state index in [4.69, 9.17) is 4.42 Å². The maximum atomic E-state index is 13.8. The van der Waals surface area contributed by atoms with Crippen molar-refractivity contribution in [3.05, 3.63) is 57.7 Å². The second kappa shape index (κ2) is 10.3. The molecule has 0 radical (unpaired) electrons. The monoisotopic (exact) mass is 539 g/mol. The zero-order valence-corrected chi connectivity index (χ0v) is 18.9. The maximum absolute atomic E-state index is 13.8. The Morgan fingerprint density at radius 2 is 2.04 bits per heavy atom. The molecule has 0 saturated heterocycles. The second-order valence-corrected chi connectivity index (χ2v) is 6.88. The molecule has 5 nitrogen and oxygen atoms in total. The number of nitrogens with one attached hydrogen (secondary N) is 2. The first kappa shape index (κ1) is 22.9. The minimum atomic E-state index is -1.19. The summed E-state index contributed by atoms with van der Waals surface area (Å²) in [6, 6.07) is 8.30. The Labute approximate surface area is 178 Å². The molecule has 26 heavy (non-hydrogen) atoms. The molecular formula is C18H24BrFIN3O2. The van der Waals surface area contributed by atoms with E-state index in [2.05, 4.69) is 31.6 Å². The number of nitrogens with zero attached hydrogens (tertiary/aromatic N) is 1. The topological polar surface area (TPSA) is 69.8 Å². The fourth-order valence-corrected chi connectivity index (χ4v) is 2.65. The summed E-state index contributed by atoms with van der Waals surface area (Å²) in [4.78, 5) is 4.38. The molecule has 144 valence electrons. The Morgan fingerprint density at radius 3 is 2.65 bits per heavy atom. The minimum Gasteiger partial charge on any atom is -0.463 e. The van der Waals surface area contributed by atoms with Crippen LogP contribution < -0.4 is 10.6 Å². The van der Waals surface area contributed by atoms with Crippen LogP contribution in [0.1, 0.15) is 30.9 Å². The van der Waals surface area contributed by atoms with Gasteiger partial charge in [-0.15, -0.1) is 24.0 Å². The number of aliphatic hydroxyl groups is 1. The van der Waals surface area contributed by atoms with Gasteiger partial charge in [0.15, 0.2) is 5.96 Å². The molecular weight excluding hydrogens is 516 g/mol. The van der Waals surface area contributed by atoms with Crippen LogP contribution in [0.25, 0.3) is 0 Å². The molecule has 0 aliphatic heterocycles. The van der Waals surface area contributed by atoms with E-state index in [9.17, 15) is 9.50 Å². The summed E-state index contributed by atoms with van der Waals surface area (Å²) in [6.45, 7) is 6.45. The van der Waals surface area contributed by atoms with E-state index >= 15 is 0 Å². The predicted molar refractivity (Wildman–Crippen MR) is 115 cm³/mol. The first-order chi connectivity index (χ1) is 11.8. The van der Waals surface area contributed by atoms with Crippen molar-refractivity contribution in [2.24, 2.45) is 4.99 Å². The van der Waals surface area contributed by atoms with E-state index in [-0.39, 0.29) is 42.9 Å². The number of guanidine groups is 1. The van der Waals surface area contributed by atoms with E-state index in [1.54, 1.807) is 31.2 Å². The normalized spacial score (nSPS) is 13.7. The van der Waals surface area contributed by atoms with Crippen LogP contribution in [0.3, 0.4) is 0 Å². The largest absolute Gasteiger partial charge is 0.463 e. The zero-order chi connectivity index (χ0) is 18.4. The molecule has 0 aliphatic rings. The van der Waals surface area contributed by atoms with Gasteiger partial charge in [0.05, 0.1) is 13.1 Å². The standard InChI is InChI=1S/C18H23BrFN3O2.HI/c1-4-21-17(22-10-13-9-14(19)6-7-15(13)20)23-11-18(3,24)16-8-5-12(2)25-16;/h5-9,24H,4,10-11H2,1-3H3,(H2,21,22,23);1H. The molecule has 1 unspecified atom stereocenters. The van der Waals surface area contributed by atoms with Gasteiger partial charge in [-0.05, 0) is 51.1 Å². The average molecular weight is 540 g/mol. The van der Waals surface area contributed by atoms with Gasteiger partial charge < -0.3 is 20.2 Å². The highest BCUT2D eigenvalue weighted by Crippen LogP contribution is 2.22. The fraction of sp³-hybridized carbons (Fsp3) is 0.389. The maximum Gasteiger partial charge on any atom is 0.191 e. The lowest BCUT2D eigenvalue weighted by Gasteiger charge is -2.22. The molecule has 0 saturated carbocycles. The third kappa shape index (κ3) is 6.55. The Balaban J connectivity index is 0.00000338. The van der Waals surface area contributed by atoms with E-state index in [1.165, 1.54) is 6.07 Å². The number of rotatable bonds is 6. The summed E-state index contributed by atoms with van der Waals surface area (Å²) < 4.78 is 20.1. The van der Waals surface area contributed by atoms with Gasteiger partial charge in [0.2, 0.25) is 0 Å². The van der Waals surface area contributed by atoms with Crippen LogP contribution in [0, 0.1) is 12.7 Å². The Bertz CT molecular complexity index is 750. The van der Waals surface area contributed by atoms with Gasteiger partial charge in [0.1, 0.15) is 22.9 Å². The highest BCUT2D eigenvalue weighted by atomic mass is 127. The summed E-state index contributed by atoms with van der Waals surface area (Å²) in [5, 5.41) is 16.7. The average Bonchev–Trinajstić information content (AvgIpc) is 3.00. The number of benzene rings is 1. The highest BCUT2D eigenvalue weighted by molar-refractivity contribution is 14.0. The quantitative estimate of drug-likeness (QED) is 0.294. The van der Waals surface area contributed by atoms with Crippen LogP contribution in [0.5, 0.6) is 0 Å². The van der Waals surface area contributed by atoms with Crippen molar-refractivity contribution in [3.63, 3.8) is 0 Å². The van der Waals surface area contributed by atoms with Gasteiger partial charge in [-0.25, -0.2) is 9.38 Å². The molecule has 3 N–H and O–H groups in total. The van der Waals surface area contributed by atoms with Gasteiger partial charge in [-0.3, -0.25) is 0 Å². The van der Waals surface area contributed by atoms with Crippen molar-refractivity contribution >= 4 is 45.9 Å². The van der Waals surface area contributed by atoms with Gasteiger partial charge in [-0.1, -0.05) is 15.9 Å². The van der Waals surface area contributed by atoms with E-state index in [0.29, 0.717) is 23.8 Å². The summed E-state index contributed by atoms with van der Waals surface area (Å²) >= 11 is 3.33. The fourth-order valence-electron chi connectivity index (χ4n) is 2.24. The lowest BCUT2D eigenvalue weighted by atomic mass is 10.0. The predicted octanol–water partition coefficient (Wildman–Crippen LogP) is 4.07. The first-order valence-electron chi connectivity index (χ1n) is 8.07. The van der Waals surface area contributed by atoms with Crippen molar-refractivity contribution < 1.29 is 13.9 Å². The number of aryl methyl sites for hydroxylation is 1. The molecule has 2 rings (SSSR count). The molecule has 1 aromatic heterocycles. The number of halogens is 3. The zero-order valence-electron chi connectivity index (χ0n) is 15.0. The summed E-state index contributed by atoms with van der Waals surface area (Å²) in [7, 11) is 0. The number of hydrogen-bond donors (Lipinski definition) is 3. The van der Waals surface area contributed by atoms with Crippen LogP contribution in [-0.2, 0) is 12.1 Å². The molecule has 0 bridgehead atoms. The van der Waals surface area contributed by atoms with Crippen LogP contribution in [0.15, 0.2) is 44.2 Å². The van der Waals surface area contributed by atoms with E-state index in [1.807, 2.05) is 13.8 Å². The molecule has 0 spiro atoms. The number of aliphatic imine (C=N–C) groups is 1. The van der Waals surface area contributed by atoms with Crippen molar-refractivity contribution in [2.75, 3.05) is 13.1 Å². The van der Waals surface area contributed by atoms with Crippen molar-refractivity contribution in [2.45, 2.75) is 32.9 Å². The Hall–Kier alpha value is -1.13. The summed E-state index contributed by atoms with van der Waals surface area (Å²) in [5.41, 5.74) is -0.703. The van der Waals surface area contributed by atoms with E-state index in [0.717, 1.165) is 10.2 Å². The molecule has 8 heteroatoms. The summed E-state index contributed by atoms with van der Waals surface area (Å²) in [5.74, 6) is 1.40. The van der Waals surface area contributed by atoms with Gasteiger partial charge in [0, 0.05) is 16.6 Å². The highest BCUT2D eigenvalue weighted by Gasteiger charge is 2.27. The Kier molecular flexibility index (Phi) is 9.05. The molecule has 0 amide bonds. The minimum absolute atomic E-state index is 0. The van der Waals surface area contributed by atoms with Gasteiger partial charge >= 0.3 is 0 Å². The Morgan fingerprint density at radius 1 is 1.31 bits per heavy atom. The SMILES string of the molecule is CCNC(=NCc1cc(Br)ccc1F)NCC(C)(O)c1ccc(C)o1.I. The lowest BCUT2D eigenvalue weighted by molar-refractivity contribution is 0.0378. The van der Waals surface area contributed by atoms with Crippen LogP contribution in [-0.4, -0.2) is 24.2 Å². The van der Waals surface area contributed by atoms with Crippen LogP contribution >= 0.6 is 39.9 Å². The second-order valence-electron chi connectivity index (χ2n) is 5.97. The summed E-state index contributed by atoms with van der Waals surface area (Å²) in [6.07, 6.45) is 0. The number of hydrogen-bond acceptors (Lipinski definition) is 3. The molecule has 1 atom stereocenters. The molecule has 0 fully saturated rings. The van der Waals surface area contributed by atoms with Gasteiger partial charge in [0.25, 0.3) is 0 Å². The van der Waals surface area contributed by atoms with E-state index < -0.39 is 5.60 Å². The molecule has 2 aromatic rings. The van der Waals surface area contributed by atoms with Crippen molar-refractivity contribution in [1.29, 1.82) is 0 Å². The molecule has 1 heterocycles. The first-order valence-corrected chi connectivity index (χ1v) is 8.86. The smallest absolute Gasteiger partial charge is 0.191 e. The van der Waals surface area contributed by atoms with Gasteiger partial charge in [-0.2, -0.15) is 0 Å². The molecule has 1 aromatic carbocycles. The number of furan rings is 1. The van der Waals surface area contributed by atoms with Crippen molar-refractivity contribution in [1.82, 2.24) is 10.6 Å². The molecule has 0 aliphatic carbocycles. The van der Waals surface area contributed by atoms with Crippen molar-refractivity contribution in [3.8, 4) is 0 Å². The van der Waals surface area contributed by atoms with Crippen LogP contribution in [0.2, 0.25) is 0 Å². The third-order valence-electron chi connectivity index (χ3n) is 3.63. The third-order valence-corrected chi connectivity index (χ3v) is 4.12. The van der Waals surface area contributed by atoms with Crippen LogP contribution in [0.4, 0.5) is 4.39 Å². The lowest BCUT2D eigenvalue weighted by Crippen LogP contribution is -2.44.